The van der Waals surface area contributed by atoms with Gasteiger partial charge in [-0.2, -0.15) is 0 Å². The fraction of sp³-hybridized carbons (Fsp3) is 0.636. The van der Waals surface area contributed by atoms with Crippen molar-refractivity contribution in [1.82, 2.24) is 0 Å². The van der Waals surface area contributed by atoms with Gasteiger partial charge in [-0.25, -0.2) is 0 Å². The molecule has 68 valence electrons. The van der Waals surface area contributed by atoms with Crippen molar-refractivity contribution >= 4 is 0 Å². The van der Waals surface area contributed by atoms with Gasteiger partial charge < -0.3 is 4.74 Å². The van der Waals surface area contributed by atoms with Crippen LogP contribution in [0.15, 0.2) is 12.7 Å². The molecule has 1 nitrogen and oxygen atoms in total. The first-order chi connectivity index (χ1) is 5.39. The fourth-order valence-corrected chi connectivity index (χ4v) is 1.12. The normalized spacial score (nSPS) is 16.2. The maximum absolute atomic E-state index is 5.37. The van der Waals surface area contributed by atoms with Crippen LogP contribution < -0.4 is 0 Å². The van der Waals surface area contributed by atoms with E-state index in [2.05, 4.69) is 26.3 Å². The molecular weight excluding hydrogens is 148 g/mol. The monoisotopic (exact) mass is 166 g/mol. The van der Waals surface area contributed by atoms with Crippen molar-refractivity contribution in [3.8, 4) is 12.3 Å². The second-order valence-electron chi connectivity index (χ2n) is 3.95. The fourth-order valence-electron chi connectivity index (χ4n) is 1.12. The van der Waals surface area contributed by atoms with Gasteiger partial charge in [-0.05, 0) is 18.8 Å². The Morgan fingerprint density at radius 2 is 2.00 bits per heavy atom. The Balaban J connectivity index is 4.43. The maximum Gasteiger partial charge on any atom is 0.126 e. The molecule has 0 spiro atoms. The van der Waals surface area contributed by atoms with E-state index in [1.54, 1.807) is 7.11 Å². The smallest absolute Gasteiger partial charge is 0.126 e. The van der Waals surface area contributed by atoms with Crippen LogP contribution in [0.5, 0.6) is 0 Å². The van der Waals surface area contributed by atoms with Crippen molar-refractivity contribution < 1.29 is 4.74 Å². The van der Waals surface area contributed by atoms with Crippen LogP contribution in [-0.2, 0) is 4.74 Å². The Labute approximate surface area is 75.8 Å². The average molecular weight is 166 g/mol. The highest BCUT2D eigenvalue weighted by Gasteiger charge is 2.28. The minimum atomic E-state index is -0.475. The minimum absolute atomic E-state index is 0.0249. The Morgan fingerprint density at radius 3 is 2.25 bits per heavy atom. The van der Waals surface area contributed by atoms with Gasteiger partial charge in [0.2, 0.25) is 0 Å². The third-order valence-electron chi connectivity index (χ3n) is 2.10. The second-order valence-corrected chi connectivity index (χ2v) is 3.95. The predicted molar refractivity (Wildman–Crippen MR) is 52.8 cm³/mol. The van der Waals surface area contributed by atoms with Crippen molar-refractivity contribution in [3.63, 3.8) is 0 Å². The summed E-state index contributed by atoms with van der Waals surface area (Å²) in [5.41, 5.74) is -0.450. The van der Waals surface area contributed by atoms with Crippen molar-refractivity contribution in [3.05, 3.63) is 12.7 Å². The van der Waals surface area contributed by atoms with E-state index < -0.39 is 5.60 Å². The zero-order chi connectivity index (χ0) is 9.83. The molecule has 0 bridgehead atoms. The number of allylic oxidation sites excluding steroid dienone is 1. The van der Waals surface area contributed by atoms with Crippen molar-refractivity contribution in [2.75, 3.05) is 7.11 Å². The molecule has 0 amide bonds. The van der Waals surface area contributed by atoms with Crippen LogP contribution in [-0.4, -0.2) is 12.7 Å². The lowest BCUT2D eigenvalue weighted by atomic mass is 9.81. The minimum Gasteiger partial charge on any atom is -0.366 e. The van der Waals surface area contributed by atoms with E-state index >= 15 is 0 Å². The molecule has 0 aromatic rings. The summed E-state index contributed by atoms with van der Waals surface area (Å²) in [7, 11) is 1.64. The zero-order valence-corrected chi connectivity index (χ0v) is 8.48. The SMILES string of the molecule is C#CC(C)(CC(C)(C)C=C)OC. The van der Waals surface area contributed by atoms with Gasteiger partial charge in [-0.3, -0.25) is 0 Å². The number of methoxy groups -OCH3 is 1. The van der Waals surface area contributed by atoms with E-state index in [-0.39, 0.29) is 5.41 Å². The molecular formula is C11H18O. The van der Waals surface area contributed by atoms with Crippen molar-refractivity contribution in [1.29, 1.82) is 0 Å². The quantitative estimate of drug-likeness (QED) is 0.461. The number of ether oxygens (including phenoxy) is 1. The van der Waals surface area contributed by atoms with Crippen LogP contribution in [0.2, 0.25) is 0 Å². The predicted octanol–water partition coefficient (Wildman–Crippen LogP) is 2.63. The van der Waals surface area contributed by atoms with E-state index in [1.165, 1.54) is 0 Å². The lowest BCUT2D eigenvalue weighted by Gasteiger charge is -2.30. The van der Waals surface area contributed by atoms with Crippen LogP contribution in [0.4, 0.5) is 0 Å². The molecule has 0 saturated carbocycles. The van der Waals surface area contributed by atoms with Gasteiger partial charge in [0, 0.05) is 7.11 Å². The highest BCUT2D eigenvalue weighted by atomic mass is 16.5. The molecule has 0 aromatic carbocycles. The molecule has 0 heterocycles. The van der Waals surface area contributed by atoms with Gasteiger partial charge in [0.05, 0.1) is 0 Å². The highest BCUT2D eigenvalue weighted by Crippen LogP contribution is 2.30. The molecule has 0 aliphatic heterocycles. The number of terminal acetylenes is 1. The Hall–Kier alpha value is -0.740. The summed E-state index contributed by atoms with van der Waals surface area (Å²) >= 11 is 0. The van der Waals surface area contributed by atoms with E-state index in [0.717, 1.165) is 6.42 Å². The molecule has 0 fully saturated rings. The van der Waals surface area contributed by atoms with Gasteiger partial charge in [-0.15, -0.1) is 13.0 Å². The molecule has 1 atom stereocenters. The summed E-state index contributed by atoms with van der Waals surface area (Å²) in [6.45, 7) is 9.86. The zero-order valence-electron chi connectivity index (χ0n) is 8.48. The van der Waals surface area contributed by atoms with Crippen molar-refractivity contribution in [2.24, 2.45) is 5.41 Å². The lowest BCUT2D eigenvalue weighted by molar-refractivity contribution is 0.0287. The van der Waals surface area contributed by atoms with Crippen LogP contribution in [0.25, 0.3) is 0 Å². The largest absolute Gasteiger partial charge is 0.366 e. The maximum atomic E-state index is 5.37. The first-order valence-corrected chi connectivity index (χ1v) is 4.06. The Morgan fingerprint density at radius 1 is 1.50 bits per heavy atom. The average Bonchev–Trinajstić information content (AvgIpc) is 2.04. The number of hydrogen-bond donors (Lipinski definition) is 0. The van der Waals surface area contributed by atoms with Crippen molar-refractivity contribution in [2.45, 2.75) is 32.8 Å². The number of hydrogen-bond acceptors (Lipinski definition) is 1. The molecule has 0 aromatic heterocycles. The first kappa shape index (κ1) is 11.3. The molecule has 0 rings (SSSR count). The molecule has 0 saturated heterocycles. The number of rotatable bonds is 4. The summed E-state index contributed by atoms with van der Waals surface area (Å²) in [6, 6.07) is 0. The lowest BCUT2D eigenvalue weighted by Crippen LogP contribution is -2.31. The molecule has 0 N–H and O–H groups in total. The standard InChI is InChI=1S/C11H18O/c1-7-10(3,4)9-11(5,8-2)12-6/h2,7H,1,9H2,3-6H3. The summed E-state index contributed by atoms with van der Waals surface area (Å²) < 4.78 is 5.24. The molecule has 1 heteroatoms. The van der Waals surface area contributed by atoms with Gasteiger partial charge >= 0.3 is 0 Å². The van der Waals surface area contributed by atoms with Crippen LogP contribution >= 0.6 is 0 Å². The molecule has 12 heavy (non-hydrogen) atoms. The van der Waals surface area contributed by atoms with E-state index in [9.17, 15) is 0 Å². The summed E-state index contributed by atoms with van der Waals surface area (Å²) in [5.74, 6) is 2.65. The second kappa shape index (κ2) is 3.78. The van der Waals surface area contributed by atoms with Crippen LogP contribution in [0, 0.1) is 17.8 Å². The van der Waals surface area contributed by atoms with E-state index in [1.807, 2.05) is 13.0 Å². The Kier molecular flexibility index (Phi) is 3.55. The summed E-state index contributed by atoms with van der Waals surface area (Å²) in [4.78, 5) is 0. The van der Waals surface area contributed by atoms with E-state index in [4.69, 9.17) is 11.2 Å². The third kappa shape index (κ3) is 3.11. The molecule has 1 unspecified atom stereocenters. The third-order valence-corrected chi connectivity index (χ3v) is 2.10. The van der Waals surface area contributed by atoms with Crippen LogP contribution in [0.1, 0.15) is 27.2 Å². The Bertz CT molecular complexity index is 198. The van der Waals surface area contributed by atoms with Gasteiger partial charge in [0.15, 0.2) is 0 Å². The topological polar surface area (TPSA) is 9.23 Å². The first-order valence-electron chi connectivity index (χ1n) is 4.06. The van der Waals surface area contributed by atoms with Gasteiger partial charge in [0.25, 0.3) is 0 Å². The summed E-state index contributed by atoms with van der Waals surface area (Å²) in [5, 5.41) is 0. The van der Waals surface area contributed by atoms with Crippen LogP contribution in [0.3, 0.4) is 0 Å². The van der Waals surface area contributed by atoms with Gasteiger partial charge in [-0.1, -0.05) is 25.8 Å². The molecule has 0 aliphatic carbocycles. The molecule has 0 aliphatic rings. The molecule has 0 radical (unpaired) electrons. The van der Waals surface area contributed by atoms with Gasteiger partial charge in [0.1, 0.15) is 5.60 Å². The highest BCUT2D eigenvalue weighted by molar-refractivity contribution is 5.09. The summed E-state index contributed by atoms with van der Waals surface area (Å²) in [6.07, 6.45) is 8.06. The van der Waals surface area contributed by atoms with E-state index in [0.29, 0.717) is 0 Å².